The molecule has 6 nitrogen and oxygen atoms in total. The molecule has 0 saturated carbocycles. The maximum atomic E-state index is 13.4. The molecule has 12 heteroatoms. The quantitative estimate of drug-likeness (QED) is 0.339. The lowest BCUT2D eigenvalue weighted by atomic mass is 9.99. The van der Waals surface area contributed by atoms with Crippen LogP contribution >= 0.6 is 0 Å². The zero-order valence-corrected chi connectivity index (χ0v) is 19.3. The monoisotopic (exact) mass is 507 g/mol. The first-order valence-corrected chi connectivity index (χ1v) is 11.6. The van der Waals surface area contributed by atoms with Crippen LogP contribution in [0.5, 0.6) is 0 Å². The molecule has 1 fully saturated rings. The highest BCUT2D eigenvalue weighted by molar-refractivity contribution is 5.86. The van der Waals surface area contributed by atoms with Crippen molar-refractivity contribution in [2.75, 3.05) is 58.9 Å². The number of pyridine rings is 1. The molecule has 0 amide bonds. The number of alkyl halides is 6. The van der Waals surface area contributed by atoms with Gasteiger partial charge in [0.2, 0.25) is 0 Å². The number of piperazine rings is 1. The molecule has 1 saturated heterocycles. The summed E-state index contributed by atoms with van der Waals surface area (Å²) in [6.45, 7) is 6.75. The van der Waals surface area contributed by atoms with Gasteiger partial charge in [0.1, 0.15) is 5.69 Å². The highest BCUT2D eigenvalue weighted by Crippen LogP contribution is 2.38. The molecule has 3 rings (SSSR count). The molecule has 1 aromatic carbocycles. The minimum atomic E-state index is -4.96. The summed E-state index contributed by atoms with van der Waals surface area (Å²) in [6, 6.07) is 3.64. The number of nitrogens with one attached hydrogen (secondary N) is 1. The van der Waals surface area contributed by atoms with E-state index >= 15 is 0 Å². The average molecular weight is 508 g/mol. The van der Waals surface area contributed by atoms with Crippen molar-refractivity contribution in [3.63, 3.8) is 0 Å². The van der Waals surface area contributed by atoms with Gasteiger partial charge in [-0.15, -0.1) is 0 Å². The fourth-order valence-electron chi connectivity index (χ4n) is 4.25. The predicted molar refractivity (Wildman–Crippen MR) is 121 cm³/mol. The molecule has 35 heavy (non-hydrogen) atoms. The maximum Gasteiger partial charge on any atom is 0.433 e. The molecule has 0 bridgehead atoms. The number of aliphatic hydroxyl groups is 1. The second-order valence-electron chi connectivity index (χ2n) is 8.69. The van der Waals surface area contributed by atoms with Crippen LogP contribution in [0.1, 0.15) is 35.8 Å². The molecule has 2 heterocycles. The molecule has 0 radical (unpaired) electrons. The molecule has 1 aliphatic rings. The van der Waals surface area contributed by atoms with Crippen molar-refractivity contribution in [1.82, 2.24) is 20.1 Å². The minimum Gasteiger partial charge on any atom is -0.387 e. The van der Waals surface area contributed by atoms with E-state index in [1.165, 1.54) is 6.07 Å². The largest absolute Gasteiger partial charge is 0.433 e. The van der Waals surface area contributed by atoms with Gasteiger partial charge in [0.05, 0.1) is 17.2 Å². The number of benzene rings is 1. The Morgan fingerprint density at radius 1 is 0.971 bits per heavy atom. The summed E-state index contributed by atoms with van der Waals surface area (Å²) in [4.78, 5) is 7.94. The van der Waals surface area contributed by atoms with Crippen molar-refractivity contribution >= 4 is 10.9 Å². The highest BCUT2D eigenvalue weighted by atomic mass is 19.4. The Balaban J connectivity index is 1.60. The Morgan fingerprint density at radius 3 is 2.17 bits per heavy atom. The summed E-state index contributed by atoms with van der Waals surface area (Å²) in [5.41, 5.74) is 1.73. The van der Waals surface area contributed by atoms with Crippen LogP contribution in [0.4, 0.5) is 26.3 Å². The van der Waals surface area contributed by atoms with Crippen LogP contribution in [0, 0.1) is 0 Å². The Hall–Kier alpha value is -1.99. The van der Waals surface area contributed by atoms with E-state index in [1.54, 1.807) is 0 Å². The summed E-state index contributed by atoms with van der Waals surface area (Å²) in [5, 5.41) is 13.4. The van der Waals surface area contributed by atoms with Crippen molar-refractivity contribution < 1.29 is 31.4 Å². The molecule has 1 aliphatic heterocycles. The zero-order chi connectivity index (χ0) is 25.6. The molecular formula is C23H31F6N5O. The number of para-hydroxylation sites is 1. The number of fused-ring (bicyclic) bond motifs is 1. The molecule has 1 atom stereocenters. The van der Waals surface area contributed by atoms with Crippen LogP contribution in [0.2, 0.25) is 0 Å². The standard InChI is InChI=1S/C23H31F6N5O/c24-22(25,26)18-5-1-4-16-17(14-20(23(27,28)29)32-21(16)18)19(35)15-31-7-3-9-34-12-10-33(11-13-34)8-2-6-30/h1,4-5,14,19,31,35H,2-3,6-13,15,30H2. The summed E-state index contributed by atoms with van der Waals surface area (Å²) in [6.07, 6.45) is -9.54. The normalized spacial score (nSPS) is 17.3. The summed E-state index contributed by atoms with van der Waals surface area (Å²) < 4.78 is 80.2. The van der Waals surface area contributed by atoms with E-state index in [9.17, 15) is 31.4 Å². The van der Waals surface area contributed by atoms with Gasteiger partial charge in [-0.2, -0.15) is 26.3 Å². The van der Waals surface area contributed by atoms with Gasteiger partial charge >= 0.3 is 12.4 Å². The summed E-state index contributed by atoms with van der Waals surface area (Å²) >= 11 is 0. The fourth-order valence-corrected chi connectivity index (χ4v) is 4.25. The van der Waals surface area contributed by atoms with Gasteiger partial charge in [-0.05, 0) is 56.7 Å². The van der Waals surface area contributed by atoms with Gasteiger partial charge in [0.15, 0.2) is 0 Å². The Bertz CT molecular complexity index is 960. The molecule has 1 unspecified atom stereocenters. The number of aliphatic hydroxyl groups excluding tert-OH is 1. The summed E-state index contributed by atoms with van der Waals surface area (Å²) in [7, 11) is 0. The van der Waals surface area contributed by atoms with E-state index < -0.39 is 35.2 Å². The van der Waals surface area contributed by atoms with E-state index in [0.29, 0.717) is 25.2 Å². The van der Waals surface area contributed by atoms with Crippen molar-refractivity contribution in [1.29, 1.82) is 0 Å². The number of hydrogen-bond donors (Lipinski definition) is 3. The first-order chi connectivity index (χ1) is 16.5. The number of nitrogens with zero attached hydrogens (tertiary/aromatic N) is 3. The molecular weight excluding hydrogens is 476 g/mol. The van der Waals surface area contributed by atoms with Gasteiger partial charge < -0.3 is 26.0 Å². The fraction of sp³-hybridized carbons (Fsp3) is 0.609. The molecule has 0 spiro atoms. The van der Waals surface area contributed by atoms with E-state index in [-0.39, 0.29) is 17.5 Å². The second-order valence-corrected chi connectivity index (χ2v) is 8.69. The van der Waals surface area contributed by atoms with Gasteiger partial charge in [-0.1, -0.05) is 12.1 Å². The van der Waals surface area contributed by atoms with Crippen molar-refractivity contribution in [2.45, 2.75) is 31.3 Å². The van der Waals surface area contributed by atoms with Crippen LogP contribution in [-0.2, 0) is 12.4 Å². The number of hydrogen-bond acceptors (Lipinski definition) is 6. The van der Waals surface area contributed by atoms with Crippen LogP contribution in [0.3, 0.4) is 0 Å². The number of aromatic nitrogens is 1. The Kier molecular flexibility index (Phi) is 9.33. The van der Waals surface area contributed by atoms with Crippen molar-refractivity contribution in [2.24, 2.45) is 5.73 Å². The van der Waals surface area contributed by atoms with E-state index in [2.05, 4.69) is 20.1 Å². The first-order valence-electron chi connectivity index (χ1n) is 11.6. The number of rotatable bonds is 10. The highest BCUT2D eigenvalue weighted by Gasteiger charge is 2.38. The molecule has 196 valence electrons. The smallest absolute Gasteiger partial charge is 0.387 e. The number of nitrogens with two attached hydrogens (primary N) is 1. The topological polar surface area (TPSA) is 77.7 Å². The summed E-state index contributed by atoms with van der Waals surface area (Å²) in [5.74, 6) is 0. The molecule has 2 aromatic rings. The lowest BCUT2D eigenvalue weighted by Gasteiger charge is -2.34. The first kappa shape index (κ1) is 27.6. The average Bonchev–Trinajstić information content (AvgIpc) is 2.80. The number of halogens is 6. The van der Waals surface area contributed by atoms with Crippen LogP contribution in [0.15, 0.2) is 24.3 Å². The molecule has 0 aliphatic carbocycles. The lowest BCUT2D eigenvalue weighted by Crippen LogP contribution is -2.47. The van der Waals surface area contributed by atoms with Gasteiger partial charge in [-0.3, -0.25) is 0 Å². The third-order valence-corrected chi connectivity index (χ3v) is 6.14. The van der Waals surface area contributed by atoms with E-state index in [1.807, 2.05) is 0 Å². The minimum absolute atomic E-state index is 0.0977. The van der Waals surface area contributed by atoms with Gasteiger partial charge in [-0.25, -0.2) is 4.98 Å². The van der Waals surface area contributed by atoms with Gasteiger partial charge in [0, 0.05) is 38.1 Å². The zero-order valence-electron chi connectivity index (χ0n) is 19.3. The van der Waals surface area contributed by atoms with Crippen molar-refractivity contribution in [3.8, 4) is 0 Å². The Morgan fingerprint density at radius 2 is 1.60 bits per heavy atom. The second kappa shape index (κ2) is 11.8. The third-order valence-electron chi connectivity index (χ3n) is 6.14. The molecule has 1 aromatic heterocycles. The predicted octanol–water partition coefficient (Wildman–Crippen LogP) is 3.25. The lowest BCUT2D eigenvalue weighted by molar-refractivity contribution is -0.142. The van der Waals surface area contributed by atoms with Crippen LogP contribution in [-0.4, -0.2) is 78.8 Å². The Labute approximate surface area is 200 Å². The van der Waals surface area contributed by atoms with Crippen LogP contribution in [0.25, 0.3) is 10.9 Å². The van der Waals surface area contributed by atoms with Gasteiger partial charge in [0.25, 0.3) is 0 Å². The molecule has 4 N–H and O–H groups in total. The van der Waals surface area contributed by atoms with Crippen molar-refractivity contribution in [3.05, 3.63) is 41.1 Å². The van der Waals surface area contributed by atoms with E-state index in [0.717, 1.165) is 58.2 Å². The van der Waals surface area contributed by atoms with Crippen LogP contribution < -0.4 is 11.1 Å². The third kappa shape index (κ3) is 7.50. The maximum absolute atomic E-state index is 13.4. The van der Waals surface area contributed by atoms with E-state index in [4.69, 9.17) is 5.73 Å². The SMILES string of the molecule is NCCCN1CCN(CCCNCC(O)c2cc(C(F)(F)F)nc3c(C(F)(F)F)cccc23)CC1.